The Morgan fingerprint density at radius 2 is 1.53 bits per heavy atom. The van der Waals surface area contributed by atoms with Crippen molar-refractivity contribution in [3.63, 3.8) is 0 Å². The number of quaternary nitrogens is 1. The number of para-hydroxylation sites is 1. The van der Waals surface area contributed by atoms with Gasteiger partial charge in [-0.1, -0.05) is 42.5 Å². The largest absolute Gasteiger partial charge is 0.488 e. The van der Waals surface area contributed by atoms with Crippen molar-refractivity contribution in [3.05, 3.63) is 102 Å². The molecule has 1 unspecified atom stereocenters. The highest BCUT2D eigenvalue weighted by atomic mass is 19.1. The predicted molar refractivity (Wildman–Crippen MR) is 141 cm³/mol. The summed E-state index contributed by atoms with van der Waals surface area (Å²) in [5, 5.41) is 3.19. The van der Waals surface area contributed by atoms with Gasteiger partial charge in [0, 0.05) is 13.5 Å². The third-order valence-corrected chi connectivity index (χ3v) is 7.99. The summed E-state index contributed by atoms with van der Waals surface area (Å²) in [6.07, 6.45) is 0.853. The van der Waals surface area contributed by atoms with Gasteiger partial charge in [-0.05, 0) is 47.5 Å². The van der Waals surface area contributed by atoms with Gasteiger partial charge in [-0.25, -0.2) is 13.6 Å². The van der Waals surface area contributed by atoms with Crippen LogP contribution < -0.4 is 10.1 Å². The van der Waals surface area contributed by atoms with Gasteiger partial charge in [0.2, 0.25) is 0 Å². The van der Waals surface area contributed by atoms with E-state index in [0.717, 1.165) is 54.0 Å². The first-order chi connectivity index (χ1) is 18.4. The highest BCUT2D eigenvalue weighted by Gasteiger charge is 2.51. The van der Waals surface area contributed by atoms with Gasteiger partial charge in [0.25, 0.3) is 0 Å². The zero-order valence-electron chi connectivity index (χ0n) is 21.6. The topological polar surface area (TPSA) is 50.8 Å². The maximum absolute atomic E-state index is 13.8. The van der Waals surface area contributed by atoms with Crippen LogP contribution in [0, 0.1) is 11.6 Å². The molecule has 0 radical (unpaired) electrons. The Kier molecular flexibility index (Phi) is 7.63. The van der Waals surface area contributed by atoms with Crippen molar-refractivity contribution < 1.29 is 27.5 Å². The first-order valence-corrected chi connectivity index (χ1v) is 13.1. The molecule has 200 valence electrons. The second-order valence-electron chi connectivity index (χ2n) is 10.3. The summed E-state index contributed by atoms with van der Waals surface area (Å²) in [6, 6.07) is 22.0. The van der Waals surface area contributed by atoms with Crippen LogP contribution in [0.5, 0.6) is 5.75 Å². The molecule has 0 aromatic heterocycles. The van der Waals surface area contributed by atoms with E-state index in [1.807, 2.05) is 35.2 Å². The fourth-order valence-electron chi connectivity index (χ4n) is 5.86. The van der Waals surface area contributed by atoms with Crippen molar-refractivity contribution in [2.75, 3.05) is 53.0 Å². The van der Waals surface area contributed by atoms with E-state index < -0.39 is 5.54 Å². The van der Waals surface area contributed by atoms with Gasteiger partial charge < -0.3 is 24.2 Å². The van der Waals surface area contributed by atoms with E-state index in [1.165, 1.54) is 24.3 Å². The van der Waals surface area contributed by atoms with Crippen LogP contribution in [0.3, 0.4) is 0 Å². The molecule has 3 aromatic carbocycles. The molecule has 38 heavy (non-hydrogen) atoms. The monoisotopic (exact) mass is 522 g/mol. The van der Waals surface area contributed by atoms with Crippen LogP contribution in [-0.4, -0.2) is 74.5 Å². The molecule has 1 N–H and O–H groups in total. The maximum atomic E-state index is 13.8. The van der Waals surface area contributed by atoms with Crippen LogP contribution in [0.25, 0.3) is 0 Å². The zero-order valence-corrected chi connectivity index (χ0v) is 21.6. The van der Waals surface area contributed by atoms with E-state index in [4.69, 9.17) is 9.47 Å². The van der Waals surface area contributed by atoms with Gasteiger partial charge in [-0.15, -0.1) is 0 Å². The van der Waals surface area contributed by atoms with Gasteiger partial charge in [0.1, 0.15) is 42.6 Å². The third-order valence-electron chi connectivity index (χ3n) is 7.99. The molecule has 0 spiro atoms. The van der Waals surface area contributed by atoms with Gasteiger partial charge in [-0.2, -0.15) is 0 Å². The lowest BCUT2D eigenvalue weighted by Gasteiger charge is -2.35. The van der Waals surface area contributed by atoms with Crippen molar-refractivity contribution in [2.24, 2.45) is 0 Å². The number of urea groups is 1. The number of ether oxygens (including phenoxy) is 2. The van der Waals surface area contributed by atoms with Crippen LogP contribution in [0.1, 0.15) is 17.5 Å². The molecule has 2 aliphatic rings. The minimum absolute atomic E-state index is 0.0198. The lowest BCUT2D eigenvalue weighted by atomic mass is 9.83. The van der Waals surface area contributed by atoms with Gasteiger partial charge in [0.05, 0.1) is 32.3 Å². The van der Waals surface area contributed by atoms with E-state index in [0.29, 0.717) is 19.8 Å². The van der Waals surface area contributed by atoms with Crippen molar-refractivity contribution >= 4 is 6.03 Å². The number of amides is 2. The minimum atomic E-state index is -0.903. The number of nitrogens with one attached hydrogen (secondary N) is 1. The zero-order chi connectivity index (χ0) is 26.6. The third kappa shape index (κ3) is 5.37. The van der Waals surface area contributed by atoms with Crippen LogP contribution in [0.15, 0.2) is 78.9 Å². The number of hydrogen-bond donors (Lipinski definition) is 1. The quantitative estimate of drug-likeness (QED) is 0.398. The number of rotatable bonds is 10. The van der Waals surface area contributed by atoms with Crippen LogP contribution >= 0.6 is 0 Å². The summed E-state index contributed by atoms with van der Waals surface area (Å²) in [7, 11) is 1.71. The van der Waals surface area contributed by atoms with Crippen LogP contribution in [0.4, 0.5) is 13.6 Å². The number of halogens is 2. The number of methoxy groups -OCH3 is 1. The van der Waals surface area contributed by atoms with Crippen molar-refractivity contribution in [1.29, 1.82) is 0 Å². The SMILES string of the molecule is COCC[N+]1(CCOc2ccccc2)CC[C@@H](N2CC(c3ccc(F)cc3)(c3ccc(F)cc3)NC2=O)C1. The Bertz CT molecular complexity index is 1180. The molecule has 2 fully saturated rings. The lowest BCUT2D eigenvalue weighted by molar-refractivity contribution is -0.917. The smallest absolute Gasteiger partial charge is 0.319 e. The number of hydrogen-bond acceptors (Lipinski definition) is 3. The fraction of sp³-hybridized carbons (Fsp3) is 0.367. The Hall–Kier alpha value is -3.49. The molecule has 8 heteroatoms. The molecular weight excluding hydrogens is 488 g/mol. The van der Waals surface area contributed by atoms with E-state index in [1.54, 1.807) is 31.4 Å². The molecule has 3 aromatic rings. The number of likely N-dealkylation sites (tertiary alicyclic amines) is 1. The van der Waals surface area contributed by atoms with Crippen LogP contribution in [-0.2, 0) is 10.3 Å². The fourth-order valence-corrected chi connectivity index (χ4v) is 5.86. The molecular formula is C30H34F2N3O3+. The molecule has 6 nitrogen and oxygen atoms in total. The van der Waals surface area contributed by atoms with Gasteiger partial charge in [-0.3, -0.25) is 0 Å². The summed E-state index contributed by atoms with van der Waals surface area (Å²) < 4.78 is 39.8. The molecule has 0 aliphatic carbocycles. The first-order valence-electron chi connectivity index (χ1n) is 13.1. The maximum Gasteiger partial charge on any atom is 0.319 e. The number of carbonyl (C=O) groups excluding carboxylic acids is 1. The molecule has 2 atom stereocenters. The second kappa shape index (κ2) is 11.1. The van der Waals surface area contributed by atoms with E-state index >= 15 is 0 Å². The Labute approximate surface area is 222 Å². The Morgan fingerprint density at radius 3 is 2.13 bits per heavy atom. The standard InChI is InChI=1S/C30H33F2N3O3/c1-37-19-17-35(18-20-38-28-5-3-2-4-6-28)16-15-27(21-35)34-22-30(33-29(34)36,23-7-11-25(31)12-8-23)24-9-13-26(32)14-10-24/h2-14,27H,15-22H2,1H3/p+1/t27-,35?/m1/s1. The number of benzene rings is 3. The summed E-state index contributed by atoms with van der Waals surface area (Å²) in [4.78, 5) is 15.4. The molecule has 2 amide bonds. The van der Waals surface area contributed by atoms with E-state index in [9.17, 15) is 13.6 Å². The Morgan fingerprint density at radius 1 is 0.921 bits per heavy atom. The molecule has 2 aliphatic heterocycles. The van der Waals surface area contributed by atoms with Crippen molar-refractivity contribution in [3.8, 4) is 5.75 Å². The van der Waals surface area contributed by atoms with E-state index in [-0.39, 0.29) is 23.7 Å². The second-order valence-corrected chi connectivity index (χ2v) is 10.3. The van der Waals surface area contributed by atoms with Gasteiger partial charge in [0.15, 0.2) is 0 Å². The highest BCUT2D eigenvalue weighted by Crippen LogP contribution is 2.38. The Balaban J connectivity index is 1.36. The summed E-state index contributed by atoms with van der Waals surface area (Å²) in [5.41, 5.74) is 0.617. The number of nitrogens with zero attached hydrogens (tertiary/aromatic N) is 2. The lowest BCUT2D eigenvalue weighted by Crippen LogP contribution is -2.52. The number of carbonyl (C=O) groups is 1. The normalized spacial score (nSPS) is 22.4. The van der Waals surface area contributed by atoms with Crippen LogP contribution in [0.2, 0.25) is 0 Å². The minimum Gasteiger partial charge on any atom is -0.488 e. The molecule has 0 bridgehead atoms. The summed E-state index contributed by atoms with van der Waals surface area (Å²) in [6.45, 7) is 4.92. The molecule has 2 heterocycles. The first kappa shape index (κ1) is 26.1. The van der Waals surface area contributed by atoms with Gasteiger partial charge >= 0.3 is 6.03 Å². The summed E-state index contributed by atoms with van der Waals surface area (Å²) >= 11 is 0. The summed E-state index contributed by atoms with van der Waals surface area (Å²) in [5.74, 6) is 0.145. The average Bonchev–Trinajstić information content (AvgIpc) is 3.51. The van der Waals surface area contributed by atoms with Crippen molar-refractivity contribution in [1.82, 2.24) is 10.2 Å². The molecule has 2 saturated heterocycles. The predicted octanol–water partition coefficient (Wildman–Crippen LogP) is 4.55. The van der Waals surface area contributed by atoms with Crippen molar-refractivity contribution in [2.45, 2.75) is 18.0 Å². The van der Waals surface area contributed by atoms with E-state index in [2.05, 4.69) is 5.32 Å². The highest BCUT2D eigenvalue weighted by molar-refractivity contribution is 5.80. The molecule has 0 saturated carbocycles. The average molecular weight is 523 g/mol. The molecule has 5 rings (SSSR count).